The van der Waals surface area contributed by atoms with E-state index in [1.165, 1.54) is 16.7 Å². The summed E-state index contributed by atoms with van der Waals surface area (Å²) < 4.78 is 2.20. The third-order valence-corrected chi connectivity index (χ3v) is 4.35. The van der Waals surface area contributed by atoms with Gasteiger partial charge >= 0.3 is 0 Å². The molecule has 0 spiro atoms. The highest BCUT2D eigenvalue weighted by Crippen LogP contribution is 2.26. The average Bonchev–Trinajstić information content (AvgIpc) is 2.79. The van der Waals surface area contributed by atoms with Crippen molar-refractivity contribution < 1.29 is 0 Å². The Morgan fingerprint density at radius 3 is 2.68 bits per heavy atom. The highest BCUT2D eigenvalue weighted by Gasteiger charge is 2.30. The van der Waals surface area contributed by atoms with E-state index in [9.17, 15) is 0 Å². The molecular formula is C15H20BN3. The molecule has 1 aromatic carbocycles. The maximum atomic E-state index is 4.52. The number of hydrogen-bond donors (Lipinski definition) is 0. The van der Waals surface area contributed by atoms with Gasteiger partial charge in [-0.15, -0.1) is 0 Å². The maximum Gasteiger partial charge on any atom is 0.143 e. The van der Waals surface area contributed by atoms with E-state index in [0.717, 1.165) is 13.1 Å². The molecule has 0 radical (unpaired) electrons. The van der Waals surface area contributed by atoms with Crippen molar-refractivity contribution in [1.82, 2.24) is 14.7 Å². The Morgan fingerprint density at radius 2 is 1.95 bits per heavy atom. The molecule has 2 heterocycles. The van der Waals surface area contributed by atoms with Crippen molar-refractivity contribution in [2.24, 2.45) is 0 Å². The smallest absolute Gasteiger partial charge is 0.143 e. The molecule has 0 fully saturated rings. The molecule has 3 rings (SSSR count). The topological polar surface area (TPSA) is 21.1 Å². The highest BCUT2D eigenvalue weighted by molar-refractivity contribution is 6.33. The second-order valence-electron chi connectivity index (χ2n) is 5.59. The van der Waals surface area contributed by atoms with Gasteiger partial charge in [0.1, 0.15) is 7.85 Å². The monoisotopic (exact) mass is 253 g/mol. The normalized spacial score (nSPS) is 23.3. The quantitative estimate of drug-likeness (QED) is 0.747. The van der Waals surface area contributed by atoms with E-state index in [2.05, 4.69) is 66.7 Å². The van der Waals surface area contributed by atoms with Crippen molar-refractivity contribution in [2.75, 3.05) is 0 Å². The first kappa shape index (κ1) is 12.5. The molecule has 1 aromatic heterocycles. The van der Waals surface area contributed by atoms with Crippen LogP contribution in [0.15, 0.2) is 36.5 Å². The van der Waals surface area contributed by atoms with Crippen LogP contribution >= 0.6 is 0 Å². The molecular weight excluding hydrogens is 233 g/mol. The molecule has 0 bridgehead atoms. The first-order chi connectivity index (χ1) is 9.16. The van der Waals surface area contributed by atoms with Crippen LogP contribution in [-0.2, 0) is 13.1 Å². The molecule has 1 aliphatic heterocycles. The lowest BCUT2D eigenvalue weighted by molar-refractivity contribution is 0.107. The zero-order valence-corrected chi connectivity index (χ0v) is 11.9. The van der Waals surface area contributed by atoms with Gasteiger partial charge in [0.25, 0.3) is 0 Å². The van der Waals surface area contributed by atoms with Crippen LogP contribution in [-0.4, -0.2) is 28.6 Å². The molecule has 0 saturated carbocycles. The molecule has 19 heavy (non-hydrogen) atoms. The van der Waals surface area contributed by atoms with E-state index >= 15 is 0 Å². The number of rotatable bonds is 2. The van der Waals surface area contributed by atoms with Crippen molar-refractivity contribution in [3.63, 3.8) is 0 Å². The van der Waals surface area contributed by atoms with E-state index < -0.39 is 0 Å². The van der Waals surface area contributed by atoms with Crippen molar-refractivity contribution in [2.45, 2.75) is 39.0 Å². The molecule has 1 aliphatic rings. The van der Waals surface area contributed by atoms with Gasteiger partial charge in [0.2, 0.25) is 0 Å². The fraction of sp³-hybridized carbons (Fsp3) is 0.400. The third-order valence-electron chi connectivity index (χ3n) is 4.35. The van der Waals surface area contributed by atoms with E-state index in [-0.39, 0.29) is 0 Å². The lowest BCUT2D eigenvalue weighted by Gasteiger charge is -2.39. The minimum Gasteiger partial charge on any atom is -0.289 e. The third kappa shape index (κ3) is 2.21. The van der Waals surface area contributed by atoms with Crippen LogP contribution in [0.3, 0.4) is 0 Å². The first-order valence-electron chi connectivity index (χ1n) is 6.98. The van der Waals surface area contributed by atoms with Crippen LogP contribution in [0.25, 0.3) is 0 Å². The molecule has 4 heteroatoms. The number of nitrogens with zero attached hydrogens (tertiary/aromatic N) is 3. The summed E-state index contributed by atoms with van der Waals surface area (Å²) in [5.74, 6) is 0. The zero-order chi connectivity index (χ0) is 13.4. The molecule has 3 nitrogen and oxygen atoms in total. The van der Waals surface area contributed by atoms with Gasteiger partial charge < -0.3 is 0 Å². The van der Waals surface area contributed by atoms with E-state index in [1.54, 1.807) is 0 Å². The zero-order valence-electron chi connectivity index (χ0n) is 11.9. The number of benzene rings is 1. The van der Waals surface area contributed by atoms with Crippen LogP contribution in [0.5, 0.6) is 0 Å². The van der Waals surface area contributed by atoms with Crippen molar-refractivity contribution in [1.29, 1.82) is 0 Å². The van der Waals surface area contributed by atoms with Crippen LogP contribution in [0.2, 0.25) is 0 Å². The Kier molecular flexibility index (Phi) is 3.19. The van der Waals surface area contributed by atoms with Gasteiger partial charge in [-0.25, -0.2) is 0 Å². The van der Waals surface area contributed by atoms with Crippen LogP contribution in [0.4, 0.5) is 0 Å². The van der Waals surface area contributed by atoms with Gasteiger partial charge in [-0.1, -0.05) is 30.3 Å². The highest BCUT2D eigenvalue weighted by atomic mass is 15.4. The van der Waals surface area contributed by atoms with Gasteiger partial charge in [-0.05, 0) is 24.9 Å². The predicted molar refractivity (Wildman–Crippen MR) is 80.3 cm³/mol. The summed E-state index contributed by atoms with van der Waals surface area (Å²) in [6.45, 7) is 6.56. The minimum absolute atomic E-state index is 0.432. The number of aromatic nitrogens is 2. The van der Waals surface area contributed by atoms with Crippen LogP contribution < -0.4 is 5.46 Å². The molecule has 0 unspecified atom stereocenters. The summed E-state index contributed by atoms with van der Waals surface area (Å²) >= 11 is 0. The van der Waals surface area contributed by atoms with Gasteiger partial charge in [0, 0.05) is 31.0 Å². The lowest BCUT2D eigenvalue weighted by atomic mass is 9.94. The molecule has 2 atom stereocenters. The minimum atomic E-state index is 0.432. The molecule has 0 amide bonds. The molecule has 2 aromatic rings. The Bertz CT molecular complexity index is 564. The number of hydrogen-bond acceptors (Lipinski definition) is 2. The van der Waals surface area contributed by atoms with E-state index in [4.69, 9.17) is 0 Å². The molecule has 0 saturated heterocycles. The van der Waals surface area contributed by atoms with Gasteiger partial charge in [0.05, 0.1) is 6.04 Å². The summed E-state index contributed by atoms with van der Waals surface area (Å²) in [5.41, 5.74) is 4.05. The fourth-order valence-corrected chi connectivity index (χ4v) is 2.89. The number of fused-ring (bicyclic) bond motifs is 1. The van der Waals surface area contributed by atoms with Crippen molar-refractivity contribution in [3.8, 4) is 0 Å². The van der Waals surface area contributed by atoms with E-state index in [1.807, 2.05) is 6.20 Å². The lowest BCUT2D eigenvalue weighted by Crippen LogP contribution is -2.44. The summed E-state index contributed by atoms with van der Waals surface area (Å²) in [5, 5.41) is 4.52. The average molecular weight is 253 g/mol. The van der Waals surface area contributed by atoms with Crippen molar-refractivity contribution in [3.05, 3.63) is 47.8 Å². The van der Waals surface area contributed by atoms with E-state index in [0.29, 0.717) is 12.1 Å². The summed E-state index contributed by atoms with van der Waals surface area (Å²) in [6.07, 6.45) is 1.99. The summed E-state index contributed by atoms with van der Waals surface area (Å²) in [6, 6.07) is 11.6. The Labute approximate surface area is 115 Å². The molecule has 98 valence electrons. The van der Waals surface area contributed by atoms with Crippen molar-refractivity contribution >= 4 is 13.3 Å². The summed E-state index contributed by atoms with van der Waals surface area (Å²) in [4.78, 5) is 2.55. The van der Waals surface area contributed by atoms with Crippen LogP contribution in [0.1, 0.15) is 31.1 Å². The van der Waals surface area contributed by atoms with Gasteiger partial charge in [-0.2, -0.15) is 5.10 Å². The van der Waals surface area contributed by atoms with Crippen LogP contribution in [0, 0.1) is 0 Å². The second-order valence-corrected chi connectivity index (χ2v) is 5.59. The maximum absolute atomic E-state index is 4.52. The van der Waals surface area contributed by atoms with Gasteiger partial charge in [-0.3, -0.25) is 9.58 Å². The first-order valence-corrected chi connectivity index (χ1v) is 6.98. The summed E-state index contributed by atoms with van der Waals surface area (Å²) in [7, 11) is 2.15. The Hall–Kier alpha value is -1.55. The fourth-order valence-electron chi connectivity index (χ4n) is 2.89. The second kappa shape index (κ2) is 4.85. The largest absolute Gasteiger partial charge is 0.289 e. The SMILES string of the molecule is Bc1cnn2c1CN(Cc1ccccc1)[C@@H](C)[C@@H]2C. The van der Waals surface area contributed by atoms with Gasteiger partial charge in [0.15, 0.2) is 0 Å². The molecule has 0 aliphatic carbocycles. The standard InChI is InChI=1S/C15H20BN3/c1-11-12(2)19-15(14(16)8-17-19)10-18(11)9-13-6-4-3-5-7-13/h3-8,11-12H,9-10,16H2,1-2H3/t11-,12-/m0/s1. The molecule has 0 N–H and O–H groups in total. The Balaban J connectivity index is 1.86. The predicted octanol–water partition coefficient (Wildman–Crippen LogP) is 1.11. The Morgan fingerprint density at radius 1 is 1.21 bits per heavy atom.